The number of nitrogens with one attached hydrogen (secondary N) is 2. The molecule has 4 N–H and O–H groups in total. The maximum Gasteiger partial charge on any atom is 0.294 e. The van der Waals surface area contributed by atoms with Crippen LogP contribution in [0.2, 0.25) is 5.02 Å². The van der Waals surface area contributed by atoms with Crippen LogP contribution in [0, 0.1) is 11.6 Å². The molecule has 2 aromatic rings. The third-order valence-electron chi connectivity index (χ3n) is 6.73. The summed E-state index contributed by atoms with van der Waals surface area (Å²) in [5.41, 5.74) is -0.216. The largest absolute Gasteiger partial charge is 0.367 e. The summed E-state index contributed by atoms with van der Waals surface area (Å²) in [6, 6.07) is 2.92. The molecule has 2 amide bonds. The first-order valence-electron chi connectivity index (χ1n) is 11.6. The van der Waals surface area contributed by atoms with E-state index >= 15 is 0 Å². The van der Waals surface area contributed by atoms with Crippen LogP contribution in [0.25, 0.3) is 0 Å². The highest BCUT2D eigenvalue weighted by atomic mass is 35.5. The van der Waals surface area contributed by atoms with Crippen molar-refractivity contribution in [3.05, 3.63) is 51.8 Å². The Bertz CT molecular complexity index is 1210. The number of hydrogen-bond donors (Lipinski definition) is 4. The van der Waals surface area contributed by atoms with Gasteiger partial charge in [0.2, 0.25) is 0 Å². The van der Waals surface area contributed by atoms with Gasteiger partial charge in [0.25, 0.3) is 17.6 Å². The fraction of sp³-hybridized carbons (Fsp3) is 0.458. The van der Waals surface area contributed by atoms with Crippen LogP contribution in [0.1, 0.15) is 52.7 Å². The number of halogens is 3. The van der Waals surface area contributed by atoms with Gasteiger partial charge in [0.1, 0.15) is 5.69 Å². The molecule has 0 radical (unpaired) electrons. The van der Waals surface area contributed by atoms with Crippen molar-refractivity contribution in [1.29, 1.82) is 0 Å². The van der Waals surface area contributed by atoms with Crippen molar-refractivity contribution >= 4 is 34.9 Å². The number of nitrogens with zero attached hydrogens (tertiary/aromatic N) is 2. The molecule has 0 bridgehead atoms. The highest BCUT2D eigenvalue weighted by molar-refractivity contribution is 6.48. The number of β-amino-alcohol motifs (C(OH)–C–C–N with tert-alkyl or cyclic N) is 2. The first-order valence-corrected chi connectivity index (χ1v) is 12.0. The first kappa shape index (κ1) is 26.2. The van der Waals surface area contributed by atoms with Crippen molar-refractivity contribution in [1.82, 2.24) is 14.8 Å². The number of aromatic nitrogens is 1. The zero-order valence-electron chi connectivity index (χ0n) is 19.6. The fourth-order valence-corrected chi connectivity index (χ4v) is 5.17. The summed E-state index contributed by atoms with van der Waals surface area (Å²) in [5, 5.41) is 23.4. The lowest BCUT2D eigenvalue weighted by Crippen LogP contribution is -2.55. The van der Waals surface area contributed by atoms with Crippen molar-refractivity contribution in [3.8, 4) is 0 Å². The number of ketones is 1. The summed E-state index contributed by atoms with van der Waals surface area (Å²) in [5.74, 6) is -4.60. The van der Waals surface area contributed by atoms with Crippen LogP contribution in [-0.4, -0.2) is 68.7 Å². The highest BCUT2D eigenvalue weighted by Crippen LogP contribution is 2.34. The van der Waals surface area contributed by atoms with Gasteiger partial charge in [-0.05, 0) is 44.7 Å². The SMILES string of the molecule is CC1(NC(=O)C(=O)c2c(Cl)c(C(=O)Nc3ccc(F)c(F)c3)c3n2CCC3)CCN(CC(O)O)CC1. The van der Waals surface area contributed by atoms with E-state index in [1.165, 1.54) is 6.07 Å². The zero-order valence-corrected chi connectivity index (χ0v) is 20.4. The molecule has 1 aromatic carbocycles. The molecule has 12 heteroatoms. The van der Waals surface area contributed by atoms with Crippen LogP contribution in [0.15, 0.2) is 18.2 Å². The summed E-state index contributed by atoms with van der Waals surface area (Å²) in [7, 11) is 0. The van der Waals surface area contributed by atoms with Crippen LogP contribution < -0.4 is 10.6 Å². The number of rotatable bonds is 7. The van der Waals surface area contributed by atoms with Crippen LogP contribution in [0.4, 0.5) is 14.5 Å². The standard InChI is InChI=1S/C24H27ClF2N4O5/c1-24(6-9-30(10-7-24)12-17(32)33)29-23(36)21(34)20-19(25)18(16-3-2-8-31(16)20)22(35)28-13-4-5-14(26)15(27)11-13/h4-5,11,17,32-33H,2-3,6-10,12H2,1H3,(H,28,35)(H,29,36). The molecule has 0 spiro atoms. The Labute approximate surface area is 211 Å². The molecule has 3 heterocycles. The third-order valence-corrected chi connectivity index (χ3v) is 7.10. The van der Waals surface area contributed by atoms with E-state index in [9.17, 15) is 23.2 Å². The van der Waals surface area contributed by atoms with Gasteiger partial charge in [-0.25, -0.2) is 8.78 Å². The van der Waals surface area contributed by atoms with Crippen molar-refractivity contribution in [3.63, 3.8) is 0 Å². The van der Waals surface area contributed by atoms with E-state index in [4.69, 9.17) is 21.8 Å². The van der Waals surface area contributed by atoms with Gasteiger partial charge in [0.15, 0.2) is 17.9 Å². The molecule has 1 saturated heterocycles. The number of piperidine rings is 1. The third kappa shape index (κ3) is 5.29. The summed E-state index contributed by atoms with van der Waals surface area (Å²) in [6.07, 6.45) is 0.655. The first-order chi connectivity index (χ1) is 17.0. The molecule has 0 unspecified atom stereocenters. The number of Topliss-reactive ketones (excluding diaryl/α,β-unsaturated/α-hetero) is 1. The normalized spacial score (nSPS) is 17.2. The lowest BCUT2D eigenvalue weighted by Gasteiger charge is -2.40. The molecule has 0 aliphatic carbocycles. The molecule has 1 fully saturated rings. The van der Waals surface area contributed by atoms with E-state index in [2.05, 4.69) is 10.6 Å². The molecular formula is C24H27ClF2N4O5. The van der Waals surface area contributed by atoms with Gasteiger partial charge in [0.05, 0.1) is 10.6 Å². The lowest BCUT2D eigenvalue weighted by molar-refractivity contribution is -0.119. The predicted octanol–water partition coefficient (Wildman–Crippen LogP) is 2.08. The number of anilines is 1. The molecule has 4 rings (SSSR count). The topological polar surface area (TPSA) is 124 Å². The second-order valence-electron chi connectivity index (χ2n) is 9.45. The smallest absolute Gasteiger partial charge is 0.294 e. The van der Waals surface area contributed by atoms with Crippen molar-refractivity contribution in [2.45, 2.75) is 51.0 Å². The number of likely N-dealkylation sites (tertiary alicyclic amines) is 1. The monoisotopic (exact) mass is 524 g/mol. The summed E-state index contributed by atoms with van der Waals surface area (Å²) >= 11 is 6.48. The van der Waals surface area contributed by atoms with Gasteiger partial charge in [-0.1, -0.05) is 11.6 Å². The number of carbonyl (C=O) groups is 3. The summed E-state index contributed by atoms with van der Waals surface area (Å²) in [6.45, 7) is 3.34. The average Bonchev–Trinajstić information content (AvgIpc) is 3.36. The second kappa shape index (κ2) is 10.3. The Balaban J connectivity index is 1.52. The summed E-state index contributed by atoms with van der Waals surface area (Å²) < 4.78 is 28.4. The molecule has 194 valence electrons. The van der Waals surface area contributed by atoms with Crippen LogP contribution in [0.3, 0.4) is 0 Å². The van der Waals surface area contributed by atoms with Gasteiger partial charge >= 0.3 is 0 Å². The van der Waals surface area contributed by atoms with Crippen molar-refractivity contribution < 1.29 is 33.4 Å². The fourth-order valence-electron chi connectivity index (χ4n) is 4.79. The van der Waals surface area contributed by atoms with E-state index in [1.807, 2.05) is 11.8 Å². The van der Waals surface area contributed by atoms with Gasteiger partial charge in [0, 0.05) is 49.2 Å². The molecule has 2 aliphatic rings. The number of aliphatic hydroxyl groups is 2. The maximum absolute atomic E-state index is 13.6. The molecule has 1 aromatic heterocycles. The van der Waals surface area contributed by atoms with Gasteiger partial charge in [-0.15, -0.1) is 0 Å². The van der Waals surface area contributed by atoms with Crippen molar-refractivity contribution in [2.24, 2.45) is 0 Å². The second-order valence-corrected chi connectivity index (χ2v) is 9.83. The minimum absolute atomic E-state index is 0.0199. The molecule has 2 aliphatic heterocycles. The van der Waals surface area contributed by atoms with Crippen LogP contribution >= 0.6 is 11.6 Å². The van der Waals surface area contributed by atoms with Gasteiger partial charge in [-0.3, -0.25) is 19.3 Å². The minimum Gasteiger partial charge on any atom is -0.367 e. The molecule has 0 atom stereocenters. The number of fused-ring (bicyclic) bond motifs is 1. The summed E-state index contributed by atoms with van der Waals surface area (Å²) in [4.78, 5) is 41.0. The Morgan fingerprint density at radius 1 is 1.14 bits per heavy atom. The van der Waals surface area contributed by atoms with E-state index < -0.39 is 41.1 Å². The van der Waals surface area contributed by atoms with Crippen LogP contribution in [-0.2, 0) is 17.8 Å². The van der Waals surface area contributed by atoms with E-state index in [0.29, 0.717) is 51.0 Å². The Kier molecular flexibility index (Phi) is 7.46. The number of hydrogen-bond acceptors (Lipinski definition) is 6. The number of carbonyl (C=O) groups excluding carboxylic acids is 3. The highest BCUT2D eigenvalue weighted by Gasteiger charge is 2.38. The number of benzene rings is 1. The Morgan fingerprint density at radius 2 is 1.83 bits per heavy atom. The van der Waals surface area contributed by atoms with E-state index in [0.717, 1.165) is 12.1 Å². The van der Waals surface area contributed by atoms with Gasteiger partial charge in [-0.2, -0.15) is 0 Å². The maximum atomic E-state index is 13.6. The Morgan fingerprint density at radius 3 is 2.47 bits per heavy atom. The van der Waals surface area contributed by atoms with Gasteiger partial charge < -0.3 is 25.4 Å². The quantitative estimate of drug-likeness (QED) is 0.250. The minimum atomic E-state index is -1.45. The van der Waals surface area contributed by atoms with E-state index in [1.54, 1.807) is 4.57 Å². The lowest BCUT2D eigenvalue weighted by atomic mass is 9.89. The molecule has 9 nitrogen and oxygen atoms in total. The average molecular weight is 525 g/mol. The number of aliphatic hydroxyl groups excluding tert-OH is 1. The van der Waals surface area contributed by atoms with E-state index in [-0.39, 0.29) is 28.5 Å². The zero-order chi connectivity index (χ0) is 26.2. The molecule has 0 saturated carbocycles. The number of amides is 2. The predicted molar refractivity (Wildman–Crippen MR) is 127 cm³/mol. The Hall–Kier alpha value is -2.86. The molecular weight excluding hydrogens is 498 g/mol. The van der Waals surface area contributed by atoms with Crippen molar-refractivity contribution in [2.75, 3.05) is 25.0 Å². The van der Waals surface area contributed by atoms with Crippen LogP contribution in [0.5, 0.6) is 0 Å². The molecule has 36 heavy (non-hydrogen) atoms.